The van der Waals surface area contributed by atoms with E-state index in [4.69, 9.17) is 5.73 Å². The van der Waals surface area contributed by atoms with Crippen LogP contribution in [0.1, 0.15) is 58.3 Å². The van der Waals surface area contributed by atoms with Crippen LogP contribution in [0.5, 0.6) is 0 Å². The number of rotatable bonds is 9. The molecule has 1 aromatic carbocycles. The molecule has 33 heavy (non-hydrogen) atoms. The SMILES string of the molecule is CCN(CC1(C(=O)CC2C3CC4CC2CC(C(N)=O)(C4)C3)CC1)S(=O)(=O)c1ccccc1F. The van der Waals surface area contributed by atoms with Gasteiger partial charge in [0, 0.05) is 30.3 Å². The summed E-state index contributed by atoms with van der Waals surface area (Å²) in [7, 11) is -4.02. The summed E-state index contributed by atoms with van der Waals surface area (Å²) >= 11 is 0. The maximum atomic E-state index is 14.2. The molecule has 0 heterocycles. The van der Waals surface area contributed by atoms with Crippen molar-refractivity contribution in [1.29, 1.82) is 0 Å². The topological polar surface area (TPSA) is 97.5 Å². The highest BCUT2D eigenvalue weighted by Gasteiger charge is 2.59. The van der Waals surface area contributed by atoms with Gasteiger partial charge in [-0.05, 0) is 80.8 Å². The molecule has 0 spiro atoms. The van der Waals surface area contributed by atoms with E-state index in [9.17, 15) is 22.4 Å². The highest BCUT2D eigenvalue weighted by molar-refractivity contribution is 7.89. The van der Waals surface area contributed by atoms with Crippen molar-refractivity contribution in [2.75, 3.05) is 13.1 Å². The molecule has 8 heteroatoms. The van der Waals surface area contributed by atoms with Crippen molar-refractivity contribution in [2.24, 2.45) is 40.2 Å². The summed E-state index contributed by atoms with van der Waals surface area (Å²) < 4.78 is 41.8. The minimum atomic E-state index is -4.02. The molecule has 0 radical (unpaired) electrons. The lowest BCUT2D eigenvalue weighted by atomic mass is 9.45. The van der Waals surface area contributed by atoms with Crippen LogP contribution in [-0.4, -0.2) is 37.5 Å². The summed E-state index contributed by atoms with van der Waals surface area (Å²) in [5, 5.41) is 0. The highest BCUT2D eigenvalue weighted by Crippen LogP contribution is 2.63. The van der Waals surface area contributed by atoms with E-state index in [1.807, 2.05) is 0 Å². The Morgan fingerprint density at radius 1 is 1.12 bits per heavy atom. The first-order valence-electron chi connectivity index (χ1n) is 12.2. The highest BCUT2D eigenvalue weighted by atomic mass is 32.2. The molecule has 4 bridgehead atoms. The van der Waals surface area contributed by atoms with Crippen LogP contribution >= 0.6 is 0 Å². The Bertz CT molecular complexity index is 1070. The summed E-state index contributed by atoms with van der Waals surface area (Å²) in [6.07, 6.45) is 6.42. The van der Waals surface area contributed by atoms with E-state index in [1.54, 1.807) is 6.92 Å². The number of amides is 1. The van der Waals surface area contributed by atoms with Crippen molar-refractivity contribution in [1.82, 2.24) is 4.31 Å². The maximum Gasteiger partial charge on any atom is 0.246 e. The molecule has 0 saturated heterocycles. The van der Waals surface area contributed by atoms with Gasteiger partial charge in [-0.2, -0.15) is 4.31 Å². The lowest BCUT2D eigenvalue weighted by Gasteiger charge is -2.59. The maximum absolute atomic E-state index is 14.2. The first-order valence-corrected chi connectivity index (χ1v) is 13.6. The van der Waals surface area contributed by atoms with Crippen molar-refractivity contribution in [2.45, 2.75) is 63.2 Å². The number of hydrogen-bond acceptors (Lipinski definition) is 4. The zero-order chi connectivity index (χ0) is 23.6. The van der Waals surface area contributed by atoms with Crippen molar-refractivity contribution in [3.8, 4) is 0 Å². The van der Waals surface area contributed by atoms with Crippen LogP contribution in [0.2, 0.25) is 0 Å². The van der Waals surface area contributed by atoms with Gasteiger partial charge in [-0.15, -0.1) is 0 Å². The van der Waals surface area contributed by atoms with E-state index in [1.165, 1.54) is 22.5 Å². The lowest BCUT2D eigenvalue weighted by Crippen LogP contribution is -2.56. The number of nitrogens with two attached hydrogens (primary N) is 1. The summed E-state index contributed by atoms with van der Waals surface area (Å²) in [5.41, 5.74) is 4.75. The second-order valence-corrected chi connectivity index (χ2v) is 13.0. The van der Waals surface area contributed by atoms with Gasteiger partial charge < -0.3 is 5.73 Å². The molecular formula is C25H33FN2O4S. The van der Waals surface area contributed by atoms with Gasteiger partial charge in [0.2, 0.25) is 15.9 Å². The van der Waals surface area contributed by atoms with Crippen molar-refractivity contribution < 1.29 is 22.4 Å². The Kier molecular flexibility index (Phi) is 5.48. The predicted molar refractivity (Wildman–Crippen MR) is 121 cm³/mol. The molecule has 2 atom stereocenters. The van der Waals surface area contributed by atoms with Crippen LogP contribution in [0.4, 0.5) is 4.39 Å². The Balaban J connectivity index is 1.31. The van der Waals surface area contributed by atoms with E-state index < -0.39 is 21.3 Å². The lowest BCUT2D eigenvalue weighted by molar-refractivity contribution is -0.152. The van der Waals surface area contributed by atoms with Crippen LogP contribution < -0.4 is 5.73 Å². The largest absolute Gasteiger partial charge is 0.369 e. The minimum absolute atomic E-state index is 0.106. The number of sulfonamides is 1. The summed E-state index contributed by atoms with van der Waals surface area (Å²) in [6.45, 7) is 2.01. The number of halogens is 1. The first-order chi connectivity index (χ1) is 15.6. The third-order valence-corrected chi connectivity index (χ3v) is 11.1. The quantitative estimate of drug-likeness (QED) is 0.590. The van der Waals surface area contributed by atoms with Gasteiger partial charge in [-0.1, -0.05) is 19.1 Å². The molecule has 5 aliphatic carbocycles. The van der Waals surface area contributed by atoms with Crippen molar-refractivity contribution in [3.05, 3.63) is 30.1 Å². The van der Waals surface area contributed by atoms with Crippen LogP contribution in [0, 0.1) is 40.3 Å². The van der Waals surface area contributed by atoms with E-state index in [-0.39, 0.29) is 41.0 Å². The predicted octanol–water partition coefficient (Wildman–Crippen LogP) is 3.50. The molecule has 1 aromatic rings. The number of Topliss-reactive ketones (excluding diaryl/α,β-unsaturated/α-hetero) is 1. The van der Waals surface area contributed by atoms with Gasteiger partial charge in [-0.25, -0.2) is 12.8 Å². The Hall–Kier alpha value is -1.80. The Labute approximate surface area is 195 Å². The molecule has 180 valence electrons. The molecule has 0 aliphatic heterocycles. The van der Waals surface area contributed by atoms with Gasteiger partial charge >= 0.3 is 0 Å². The average molecular weight is 477 g/mol. The van der Waals surface area contributed by atoms with Gasteiger partial charge in [0.05, 0.1) is 0 Å². The Morgan fingerprint density at radius 3 is 2.30 bits per heavy atom. The molecule has 2 N–H and O–H groups in total. The van der Waals surface area contributed by atoms with E-state index >= 15 is 0 Å². The fraction of sp³-hybridized carbons (Fsp3) is 0.680. The minimum Gasteiger partial charge on any atom is -0.369 e. The van der Waals surface area contributed by atoms with Gasteiger partial charge in [0.25, 0.3) is 0 Å². The van der Waals surface area contributed by atoms with E-state index in [2.05, 4.69) is 0 Å². The van der Waals surface area contributed by atoms with Crippen molar-refractivity contribution in [3.63, 3.8) is 0 Å². The number of primary amides is 1. The second-order valence-electron chi connectivity index (χ2n) is 11.0. The second kappa shape index (κ2) is 7.87. The smallest absolute Gasteiger partial charge is 0.246 e. The molecule has 5 aliphatic rings. The van der Waals surface area contributed by atoms with Gasteiger partial charge in [-0.3, -0.25) is 9.59 Å². The summed E-state index contributed by atoms with van der Waals surface area (Å²) in [5.74, 6) is 0.692. The van der Waals surface area contributed by atoms with Crippen LogP contribution in [0.25, 0.3) is 0 Å². The number of benzene rings is 1. The first kappa shape index (κ1) is 23.0. The molecule has 5 saturated carbocycles. The van der Waals surface area contributed by atoms with Crippen molar-refractivity contribution >= 4 is 21.7 Å². The third kappa shape index (κ3) is 3.73. The number of carbonyl (C=O) groups excluding carboxylic acids is 2. The van der Waals surface area contributed by atoms with Crippen LogP contribution in [0.3, 0.4) is 0 Å². The molecule has 5 fully saturated rings. The molecule has 2 unspecified atom stereocenters. The molecule has 0 aromatic heterocycles. The molecule has 6 rings (SSSR count). The molecule has 1 amide bonds. The van der Waals surface area contributed by atoms with Gasteiger partial charge in [0.15, 0.2) is 0 Å². The monoisotopic (exact) mass is 476 g/mol. The third-order valence-electron chi connectivity index (χ3n) is 9.14. The standard InChI is InChI=1S/C25H33FN2O4S/c1-2-28(33(31,32)21-6-4-3-5-20(21)26)15-24(7-8-24)22(29)11-19-17-9-16-10-18(19)14-25(12-16,13-17)23(27)30/h3-6,16-19H,2,7-15H2,1H3,(H2,27,30). The fourth-order valence-electron chi connectivity index (χ4n) is 7.37. The number of nitrogens with zero attached hydrogens (tertiary/aromatic N) is 1. The number of hydrogen-bond donors (Lipinski definition) is 1. The normalized spacial score (nSPS) is 33.9. The summed E-state index contributed by atoms with van der Waals surface area (Å²) in [6, 6.07) is 5.39. The van der Waals surface area contributed by atoms with E-state index in [0.717, 1.165) is 38.2 Å². The number of ketones is 1. The van der Waals surface area contributed by atoms with E-state index in [0.29, 0.717) is 37.0 Å². The molecular weight excluding hydrogens is 443 g/mol. The number of carbonyl (C=O) groups is 2. The Morgan fingerprint density at radius 2 is 1.76 bits per heavy atom. The van der Waals surface area contributed by atoms with Crippen LogP contribution in [-0.2, 0) is 19.6 Å². The fourth-order valence-corrected chi connectivity index (χ4v) is 8.97. The van der Waals surface area contributed by atoms with Gasteiger partial charge in [0.1, 0.15) is 16.5 Å². The van der Waals surface area contributed by atoms with Crippen LogP contribution in [0.15, 0.2) is 29.2 Å². The zero-order valence-electron chi connectivity index (χ0n) is 19.1. The zero-order valence-corrected chi connectivity index (χ0v) is 20.0. The summed E-state index contributed by atoms with van der Waals surface area (Å²) in [4.78, 5) is 25.4. The average Bonchev–Trinajstić information content (AvgIpc) is 3.55. The molecule has 6 nitrogen and oxygen atoms in total.